The third kappa shape index (κ3) is 3.16. The van der Waals surface area contributed by atoms with Gasteiger partial charge in [0.05, 0.1) is 17.3 Å². The van der Waals surface area contributed by atoms with Gasteiger partial charge in [0.1, 0.15) is 11.6 Å². The summed E-state index contributed by atoms with van der Waals surface area (Å²) in [4.78, 5) is 25.7. The minimum absolute atomic E-state index is 0.267. The fourth-order valence-corrected chi connectivity index (χ4v) is 3.91. The van der Waals surface area contributed by atoms with Crippen molar-refractivity contribution in [2.24, 2.45) is 5.73 Å². The first kappa shape index (κ1) is 18.2. The molecule has 8 heteroatoms. The van der Waals surface area contributed by atoms with Crippen molar-refractivity contribution in [2.45, 2.75) is 25.8 Å². The molecular weight excluding hydrogens is 383 g/mol. The zero-order chi connectivity index (χ0) is 20.7. The number of nitrogens with one attached hydrogen (secondary N) is 1. The number of aromatic nitrogens is 4. The minimum Gasteiger partial charge on any atom is -0.366 e. The van der Waals surface area contributed by atoms with Gasteiger partial charge in [-0.15, -0.1) is 0 Å². The monoisotopic (exact) mass is 402 g/mol. The first-order chi connectivity index (χ1) is 14.6. The van der Waals surface area contributed by atoms with Gasteiger partial charge in [-0.05, 0) is 49.1 Å². The molecule has 0 fully saturated rings. The number of hydrogen-bond donors (Lipinski definition) is 2. The second-order valence-electron chi connectivity index (χ2n) is 7.28. The summed E-state index contributed by atoms with van der Waals surface area (Å²) in [6.45, 7) is 0.453. The Morgan fingerprint density at radius 3 is 2.93 bits per heavy atom. The molecule has 1 amide bonds. The van der Waals surface area contributed by atoms with E-state index in [-0.39, 0.29) is 5.82 Å². The van der Waals surface area contributed by atoms with Crippen LogP contribution in [0.4, 0.5) is 10.2 Å². The number of fused-ring (bicyclic) bond motifs is 2. The Balaban J connectivity index is 1.56. The number of nitrogens with zero attached hydrogens (tertiary/aromatic N) is 4. The first-order valence-electron chi connectivity index (χ1n) is 9.74. The van der Waals surface area contributed by atoms with Crippen LogP contribution in [0.15, 0.2) is 48.8 Å². The number of imidazole rings is 1. The van der Waals surface area contributed by atoms with Gasteiger partial charge in [-0.1, -0.05) is 12.1 Å². The standard InChI is InChI=1S/C22H19FN6O/c23-14-5-1-4-13(10-14)11-25-20-15-6-2-8-17(15)27-21(28-20)22-26-12-18-16(19(24)30)7-3-9-29(18)22/h1,3-5,7,9-10,12H,2,6,8,11H2,(H2,24,30)(H,25,27,28). The topological polar surface area (TPSA) is 98.2 Å². The Bertz CT molecular complexity index is 1280. The second kappa shape index (κ2) is 7.22. The van der Waals surface area contributed by atoms with E-state index in [1.54, 1.807) is 35.0 Å². The van der Waals surface area contributed by atoms with E-state index >= 15 is 0 Å². The number of pyridine rings is 1. The van der Waals surface area contributed by atoms with E-state index in [0.717, 1.165) is 41.9 Å². The van der Waals surface area contributed by atoms with E-state index < -0.39 is 5.91 Å². The predicted molar refractivity (Wildman–Crippen MR) is 110 cm³/mol. The van der Waals surface area contributed by atoms with Gasteiger partial charge in [-0.2, -0.15) is 0 Å². The molecule has 0 saturated carbocycles. The summed E-state index contributed by atoms with van der Waals surface area (Å²) in [6.07, 6.45) is 6.19. The van der Waals surface area contributed by atoms with Crippen LogP contribution in [0.3, 0.4) is 0 Å². The number of rotatable bonds is 5. The molecule has 3 aromatic heterocycles. The van der Waals surface area contributed by atoms with Crippen molar-refractivity contribution in [3.8, 4) is 11.6 Å². The molecule has 1 aliphatic rings. The molecule has 0 bridgehead atoms. The van der Waals surface area contributed by atoms with Gasteiger partial charge in [0.25, 0.3) is 5.91 Å². The Kier molecular flexibility index (Phi) is 4.39. The van der Waals surface area contributed by atoms with E-state index in [4.69, 9.17) is 15.7 Å². The highest BCUT2D eigenvalue weighted by Crippen LogP contribution is 2.30. The number of benzene rings is 1. The zero-order valence-electron chi connectivity index (χ0n) is 16.1. The predicted octanol–water partition coefficient (Wildman–Crippen LogP) is 3.13. The molecule has 0 aliphatic heterocycles. The smallest absolute Gasteiger partial charge is 0.250 e. The van der Waals surface area contributed by atoms with Gasteiger partial charge in [0.15, 0.2) is 11.6 Å². The third-order valence-electron chi connectivity index (χ3n) is 5.32. The van der Waals surface area contributed by atoms with Crippen LogP contribution in [-0.2, 0) is 19.4 Å². The zero-order valence-corrected chi connectivity index (χ0v) is 16.1. The summed E-state index contributed by atoms with van der Waals surface area (Å²) in [5.74, 6) is 0.964. The molecule has 150 valence electrons. The number of nitrogens with two attached hydrogens (primary N) is 1. The van der Waals surface area contributed by atoms with Gasteiger partial charge in [-0.3, -0.25) is 9.20 Å². The van der Waals surface area contributed by atoms with Crippen molar-refractivity contribution in [3.63, 3.8) is 0 Å². The summed E-state index contributed by atoms with van der Waals surface area (Å²) < 4.78 is 15.3. The summed E-state index contributed by atoms with van der Waals surface area (Å²) in [5, 5.41) is 3.34. The molecule has 1 aliphatic carbocycles. The van der Waals surface area contributed by atoms with E-state index in [2.05, 4.69) is 10.3 Å². The average Bonchev–Trinajstić information content (AvgIpc) is 3.38. The quantitative estimate of drug-likeness (QED) is 0.534. The summed E-state index contributed by atoms with van der Waals surface area (Å²) in [7, 11) is 0. The van der Waals surface area contributed by atoms with Crippen LogP contribution in [0.25, 0.3) is 17.2 Å². The molecule has 3 N–H and O–H groups in total. The molecule has 0 radical (unpaired) electrons. The van der Waals surface area contributed by atoms with Gasteiger partial charge >= 0.3 is 0 Å². The van der Waals surface area contributed by atoms with Crippen molar-refractivity contribution in [1.82, 2.24) is 19.4 Å². The number of hydrogen-bond acceptors (Lipinski definition) is 5. The van der Waals surface area contributed by atoms with Crippen LogP contribution < -0.4 is 11.1 Å². The molecule has 0 atom stereocenters. The second-order valence-corrected chi connectivity index (χ2v) is 7.28. The molecule has 1 aromatic carbocycles. The molecular formula is C22H19FN6O. The number of primary amides is 1. The number of anilines is 1. The third-order valence-corrected chi connectivity index (χ3v) is 5.32. The largest absolute Gasteiger partial charge is 0.366 e. The number of carbonyl (C=O) groups excluding carboxylic acids is 1. The van der Waals surface area contributed by atoms with Crippen molar-refractivity contribution in [2.75, 3.05) is 5.32 Å². The van der Waals surface area contributed by atoms with Crippen LogP contribution in [0.2, 0.25) is 0 Å². The van der Waals surface area contributed by atoms with E-state index in [9.17, 15) is 9.18 Å². The number of aryl methyl sites for hydroxylation is 1. The van der Waals surface area contributed by atoms with Crippen molar-refractivity contribution in [3.05, 3.63) is 77.0 Å². The van der Waals surface area contributed by atoms with Crippen LogP contribution in [0, 0.1) is 5.82 Å². The van der Waals surface area contributed by atoms with Gasteiger partial charge in [0, 0.05) is 24.0 Å². The number of halogens is 1. The molecule has 5 rings (SSSR count). The Labute approximate surface area is 171 Å². The lowest BCUT2D eigenvalue weighted by Crippen LogP contribution is -2.12. The molecule has 30 heavy (non-hydrogen) atoms. The maximum Gasteiger partial charge on any atom is 0.250 e. The maximum absolute atomic E-state index is 13.5. The van der Waals surface area contributed by atoms with Crippen LogP contribution in [0.5, 0.6) is 0 Å². The fourth-order valence-electron chi connectivity index (χ4n) is 3.91. The summed E-state index contributed by atoms with van der Waals surface area (Å²) >= 11 is 0. The highest BCUT2D eigenvalue weighted by atomic mass is 19.1. The van der Waals surface area contributed by atoms with E-state index in [0.29, 0.717) is 29.3 Å². The molecule has 7 nitrogen and oxygen atoms in total. The van der Waals surface area contributed by atoms with Crippen LogP contribution in [-0.4, -0.2) is 25.3 Å². The highest BCUT2D eigenvalue weighted by molar-refractivity contribution is 5.99. The molecule has 0 saturated heterocycles. The van der Waals surface area contributed by atoms with Crippen molar-refractivity contribution >= 4 is 17.2 Å². The normalized spacial score (nSPS) is 12.8. The molecule has 3 heterocycles. The average molecular weight is 402 g/mol. The lowest BCUT2D eigenvalue weighted by atomic mass is 10.2. The van der Waals surface area contributed by atoms with Crippen LogP contribution in [0.1, 0.15) is 33.6 Å². The molecule has 0 spiro atoms. The van der Waals surface area contributed by atoms with Gasteiger partial charge in [-0.25, -0.2) is 19.3 Å². The van der Waals surface area contributed by atoms with E-state index in [1.165, 1.54) is 12.1 Å². The Hall–Kier alpha value is -3.81. The number of carbonyl (C=O) groups is 1. The molecule has 4 aromatic rings. The minimum atomic E-state index is -0.514. The number of amides is 1. The Morgan fingerprint density at radius 2 is 2.10 bits per heavy atom. The maximum atomic E-state index is 13.5. The summed E-state index contributed by atoms with van der Waals surface area (Å²) in [5.41, 5.74) is 9.40. The Morgan fingerprint density at radius 1 is 1.20 bits per heavy atom. The SMILES string of the molecule is NC(=O)c1cccn2c(-c3nc4c(c(NCc5cccc(F)c5)n3)CCC4)ncc12. The first-order valence-corrected chi connectivity index (χ1v) is 9.74. The van der Waals surface area contributed by atoms with Gasteiger partial charge in [0.2, 0.25) is 0 Å². The molecule has 0 unspecified atom stereocenters. The van der Waals surface area contributed by atoms with Gasteiger partial charge < -0.3 is 11.1 Å². The lowest BCUT2D eigenvalue weighted by Gasteiger charge is -2.12. The highest BCUT2D eigenvalue weighted by Gasteiger charge is 2.22. The van der Waals surface area contributed by atoms with Crippen LogP contribution >= 0.6 is 0 Å². The van der Waals surface area contributed by atoms with Crippen molar-refractivity contribution < 1.29 is 9.18 Å². The van der Waals surface area contributed by atoms with E-state index in [1.807, 2.05) is 6.07 Å². The lowest BCUT2D eigenvalue weighted by molar-refractivity contribution is 0.100. The fraction of sp³-hybridized carbons (Fsp3) is 0.182. The summed E-state index contributed by atoms with van der Waals surface area (Å²) in [6, 6.07) is 9.89. The van der Waals surface area contributed by atoms with Crippen molar-refractivity contribution in [1.29, 1.82) is 0 Å².